The van der Waals surface area contributed by atoms with Crippen LogP contribution in [0.1, 0.15) is 19.3 Å². The van der Waals surface area contributed by atoms with Gasteiger partial charge in [-0.25, -0.2) is 4.98 Å². The topological polar surface area (TPSA) is 50.9 Å². The van der Waals surface area contributed by atoms with E-state index < -0.39 is 0 Å². The van der Waals surface area contributed by atoms with Crippen LogP contribution in [0.15, 0.2) is 30.3 Å². The van der Waals surface area contributed by atoms with E-state index in [0.29, 0.717) is 6.04 Å². The summed E-state index contributed by atoms with van der Waals surface area (Å²) in [6.07, 6.45) is 3.87. The molecule has 0 spiro atoms. The first-order valence-corrected chi connectivity index (χ1v) is 5.74. The molecule has 3 heteroatoms. The maximum Gasteiger partial charge on any atom is 0.126 e. The molecule has 0 aliphatic heterocycles. The van der Waals surface area contributed by atoms with Crippen LogP contribution in [-0.4, -0.2) is 11.0 Å². The Hall–Kier alpha value is -1.77. The molecule has 1 aromatic heterocycles. The molecule has 82 valence electrons. The highest BCUT2D eigenvalue weighted by Gasteiger charge is 2.17. The normalized spacial score (nSPS) is 16.0. The van der Waals surface area contributed by atoms with Gasteiger partial charge in [0.15, 0.2) is 0 Å². The average molecular weight is 213 g/mol. The Balaban J connectivity index is 1.92. The molecule has 0 amide bonds. The number of anilines is 2. The van der Waals surface area contributed by atoms with Gasteiger partial charge in [-0.05, 0) is 49.6 Å². The van der Waals surface area contributed by atoms with Crippen molar-refractivity contribution in [3.8, 4) is 0 Å². The lowest BCUT2D eigenvalue weighted by Gasteiger charge is -2.26. The van der Waals surface area contributed by atoms with Crippen molar-refractivity contribution in [2.24, 2.45) is 0 Å². The lowest BCUT2D eigenvalue weighted by Crippen LogP contribution is -2.27. The molecule has 1 saturated carbocycles. The van der Waals surface area contributed by atoms with E-state index in [1.54, 1.807) is 0 Å². The van der Waals surface area contributed by atoms with E-state index in [1.165, 1.54) is 19.3 Å². The van der Waals surface area contributed by atoms with E-state index in [9.17, 15) is 0 Å². The van der Waals surface area contributed by atoms with Crippen molar-refractivity contribution in [1.29, 1.82) is 0 Å². The molecule has 2 aromatic rings. The van der Waals surface area contributed by atoms with Gasteiger partial charge in [0, 0.05) is 17.1 Å². The third kappa shape index (κ3) is 1.69. The van der Waals surface area contributed by atoms with Crippen molar-refractivity contribution in [2.45, 2.75) is 25.3 Å². The summed E-state index contributed by atoms with van der Waals surface area (Å²) in [5, 5.41) is 4.54. The highest BCUT2D eigenvalue weighted by atomic mass is 15.0. The number of nitrogens with zero attached hydrogens (tertiary/aromatic N) is 1. The van der Waals surface area contributed by atoms with Crippen LogP contribution in [0.4, 0.5) is 11.5 Å². The Kier molecular flexibility index (Phi) is 2.17. The third-order valence-corrected chi connectivity index (χ3v) is 3.17. The maximum atomic E-state index is 5.73. The molecule has 0 radical (unpaired) electrons. The van der Waals surface area contributed by atoms with Gasteiger partial charge in [-0.1, -0.05) is 0 Å². The van der Waals surface area contributed by atoms with E-state index >= 15 is 0 Å². The molecule has 1 aliphatic carbocycles. The largest absolute Gasteiger partial charge is 0.399 e. The van der Waals surface area contributed by atoms with Gasteiger partial charge in [0.1, 0.15) is 5.82 Å². The second-order valence-corrected chi connectivity index (χ2v) is 4.42. The molecule has 3 nitrogen and oxygen atoms in total. The molecule has 3 N–H and O–H groups in total. The molecule has 16 heavy (non-hydrogen) atoms. The van der Waals surface area contributed by atoms with E-state index in [2.05, 4.69) is 16.4 Å². The third-order valence-electron chi connectivity index (χ3n) is 3.17. The number of nitrogens with one attached hydrogen (secondary N) is 1. The van der Waals surface area contributed by atoms with Crippen molar-refractivity contribution in [3.63, 3.8) is 0 Å². The van der Waals surface area contributed by atoms with E-state index in [0.717, 1.165) is 22.4 Å². The number of nitrogen functional groups attached to an aromatic ring is 1. The zero-order chi connectivity index (χ0) is 11.0. The summed E-state index contributed by atoms with van der Waals surface area (Å²) in [7, 11) is 0. The van der Waals surface area contributed by atoms with Gasteiger partial charge >= 0.3 is 0 Å². The molecule has 0 atom stereocenters. The van der Waals surface area contributed by atoms with E-state index in [4.69, 9.17) is 5.73 Å². The minimum absolute atomic E-state index is 0.624. The molecule has 3 rings (SSSR count). The van der Waals surface area contributed by atoms with Crippen molar-refractivity contribution in [2.75, 3.05) is 11.1 Å². The Morgan fingerprint density at radius 3 is 2.81 bits per heavy atom. The van der Waals surface area contributed by atoms with Gasteiger partial charge in [-0.2, -0.15) is 0 Å². The quantitative estimate of drug-likeness (QED) is 0.754. The number of pyridine rings is 1. The monoisotopic (exact) mass is 213 g/mol. The molecule has 0 bridgehead atoms. The molecular formula is C13H15N3. The first-order valence-electron chi connectivity index (χ1n) is 5.74. The van der Waals surface area contributed by atoms with Crippen LogP contribution in [0.5, 0.6) is 0 Å². The molecule has 0 unspecified atom stereocenters. The van der Waals surface area contributed by atoms with Crippen molar-refractivity contribution in [1.82, 2.24) is 4.98 Å². The van der Waals surface area contributed by atoms with Crippen LogP contribution in [0, 0.1) is 0 Å². The SMILES string of the molecule is Nc1ccc2nc(NC3CCC3)ccc2c1. The van der Waals surface area contributed by atoms with Gasteiger partial charge < -0.3 is 11.1 Å². The Morgan fingerprint density at radius 1 is 1.19 bits per heavy atom. The Bertz CT molecular complexity index is 518. The van der Waals surface area contributed by atoms with E-state index in [1.807, 2.05) is 24.3 Å². The maximum absolute atomic E-state index is 5.73. The number of hydrogen-bond acceptors (Lipinski definition) is 3. The van der Waals surface area contributed by atoms with Gasteiger partial charge in [-0.3, -0.25) is 0 Å². The van der Waals surface area contributed by atoms with Gasteiger partial charge in [0.05, 0.1) is 5.52 Å². The summed E-state index contributed by atoms with van der Waals surface area (Å²) in [5.41, 5.74) is 7.51. The highest BCUT2D eigenvalue weighted by molar-refractivity contribution is 5.83. The summed E-state index contributed by atoms with van der Waals surface area (Å²) >= 11 is 0. The lowest BCUT2D eigenvalue weighted by molar-refractivity contribution is 0.444. The fourth-order valence-electron chi connectivity index (χ4n) is 1.99. The summed E-state index contributed by atoms with van der Waals surface area (Å²) in [4.78, 5) is 4.57. The first kappa shape index (κ1) is 9.46. The fourth-order valence-corrected chi connectivity index (χ4v) is 1.99. The van der Waals surface area contributed by atoms with Crippen LogP contribution >= 0.6 is 0 Å². The molecule has 1 fully saturated rings. The average Bonchev–Trinajstić information content (AvgIpc) is 2.23. The van der Waals surface area contributed by atoms with Crippen LogP contribution in [0.2, 0.25) is 0 Å². The first-order chi connectivity index (χ1) is 7.81. The molecule has 1 heterocycles. The van der Waals surface area contributed by atoms with Gasteiger partial charge in [-0.15, -0.1) is 0 Å². The second-order valence-electron chi connectivity index (χ2n) is 4.42. The van der Waals surface area contributed by atoms with Crippen LogP contribution < -0.4 is 11.1 Å². The van der Waals surface area contributed by atoms with Crippen LogP contribution in [0.3, 0.4) is 0 Å². The number of fused-ring (bicyclic) bond motifs is 1. The summed E-state index contributed by atoms with van der Waals surface area (Å²) in [5.74, 6) is 0.974. The van der Waals surface area contributed by atoms with Crippen molar-refractivity contribution >= 4 is 22.4 Å². The Morgan fingerprint density at radius 2 is 2.06 bits per heavy atom. The summed E-state index contributed by atoms with van der Waals surface area (Å²) < 4.78 is 0. The smallest absolute Gasteiger partial charge is 0.126 e. The number of nitrogens with two attached hydrogens (primary N) is 1. The van der Waals surface area contributed by atoms with Crippen LogP contribution in [0.25, 0.3) is 10.9 Å². The lowest BCUT2D eigenvalue weighted by atomic mass is 9.93. The van der Waals surface area contributed by atoms with Crippen LogP contribution in [-0.2, 0) is 0 Å². The number of hydrogen-bond donors (Lipinski definition) is 2. The van der Waals surface area contributed by atoms with E-state index in [-0.39, 0.29) is 0 Å². The molecule has 0 saturated heterocycles. The number of rotatable bonds is 2. The minimum atomic E-state index is 0.624. The predicted octanol–water partition coefficient (Wildman–Crippen LogP) is 2.78. The summed E-state index contributed by atoms with van der Waals surface area (Å²) in [6, 6.07) is 10.5. The fraction of sp³-hybridized carbons (Fsp3) is 0.308. The molecule has 1 aliphatic rings. The minimum Gasteiger partial charge on any atom is -0.399 e. The second kappa shape index (κ2) is 3.67. The Labute approximate surface area is 94.7 Å². The van der Waals surface area contributed by atoms with Crippen molar-refractivity contribution in [3.05, 3.63) is 30.3 Å². The zero-order valence-electron chi connectivity index (χ0n) is 9.11. The zero-order valence-corrected chi connectivity index (χ0v) is 9.11. The number of benzene rings is 1. The predicted molar refractivity (Wildman–Crippen MR) is 67.4 cm³/mol. The number of aromatic nitrogens is 1. The highest BCUT2D eigenvalue weighted by Crippen LogP contribution is 2.24. The van der Waals surface area contributed by atoms with Gasteiger partial charge in [0.25, 0.3) is 0 Å². The van der Waals surface area contributed by atoms with Crippen molar-refractivity contribution < 1.29 is 0 Å². The standard InChI is InChI=1S/C13H15N3/c14-10-5-6-12-9(8-10)4-7-13(16-12)15-11-2-1-3-11/h4-8,11H,1-3,14H2,(H,15,16). The molecular weight excluding hydrogens is 198 g/mol. The molecule has 1 aromatic carbocycles. The van der Waals surface area contributed by atoms with Gasteiger partial charge in [0.2, 0.25) is 0 Å². The summed E-state index contributed by atoms with van der Waals surface area (Å²) in [6.45, 7) is 0.